The molecule has 17 heteroatoms. The Labute approximate surface area is 286 Å². The van der Waals surface area contributed by atoms with Gasteiger partial charge in [-0.3, -0.25) is 33.6 Å². The molecule has 1 aliphatic carbocycles. The molecule has 8 N–H and O–H groups in total. The van der Waals surface area contributed by atoms with Gasteiger partial charge in [-0.25, -0.2) is 0 Å². The highest BCUT2D eigenvalue weighted by Crippen LogP contribution is 2.42. The normalized spacial score (nSPS) is 20.6. The molecule has 5 amide bonds. The Kier molecular flexibility index (Phi) is 16.2. The number of carboxylic acid groups (broad SMARTS) is 1. The van der Waals surface area contributed by atoms with Gasteiger partial charge in [0, 0.05) is 19.4 Å². The molecule has 0 aromatic carbocycles. The number of amides is 5. The summed E-state index contributed by atoms with van der Waals surface area (Å²) >= 11 is 0. The van der Waals surface area contributed by atoms with Crippen molar-refractivity contribution in [2.24, 2.45) is 39.7 Å². The van der Waals surface area contributed by atoms with Gasteiger partial charge in [0.1, 0.15) is 30.5 Å². The van der Waals surface area contributed by atoms with Crippen LogP contribution >= 0.6 is 0 Å². The summed E-state index contributed by atoms with van der Waals surface area (Å²) in [5, 5.41) is 25.4. The zero-order chi connectivity index (χ0) is 36.8. The van der Waals surface area contributed by atoms with Crippen LogP contribution in [0.4, 0.5) is 0 Å². The van der Waals surface area contributed by atoms with E-state index in [1.54, 1.807) is 34.6 Å². The first kappa shape index (κ1) is 40.7. The van der Waals surface area contributed by atoms with Crippen molar-refractivity contribution in [2.75, 3.05) is 13.1 Å². The lowest BCUT2D eigenvalue weighted by molar-refractivity contribution is -0.145. The third-order valence-corrected chi connectivity index (χ3v) is 9.04. The summed E-state index contributed by atoms with van der Waals surface area (Å²) in [5.41, 5.74) is 12.3. The number of amidine groups is 1. The second-order valence-electron chi connectivity index (χ2n) is 13.5. The van der Waals surface area contributed by atoms with Gasteiger partial charge in [0.05, 0.1) is 6.04 Å². The number of aliphatic carboxylic acids is 1. The molecule has 2 fully saturated rings. The van der Waals surface area contributed by atoms with Crippen LogP contribution in [0.3, 0.4) is 0 Å². The molecule has 1 saturated heterocycles. The number of carbonyl (C=O) groups excluding carboxylic acids is 6. The smallest absolute Gasteiger partial charge is 0.322 e. The minimum atomic E-state index is -1.32. The molecule has 6 atom stereocenters. The number of ketones is 1. The molecule has 274 valence electrons. The number of nitrogens with one attached hydrogen (secondary N) is 5. The summed E-state index contributed by atoms with van der Waals surface area (Å²) in [7, 11) is 0. The molecule has 2 rings (SSSR count). The highest BCUT2D eigenvalue weighted by Gasteiger charge is 2.51. The topological polar surface area (TPSA) is 266 Å². The van der Waals surface area contributed by atoms with Crippen LogP contribution in [0.15, 0.2) is 10.3 Å². The average Bonchev–Trinajstić information content (AvgIpc) is 3.64. The first-order valence-corrected chi connectivity index (χ1v) is 17.1. The molecular formula is C32H53N9O8. The maximum atomic E-state index is 14.2. The summed E-state index contributed by atoms with van der Waals surface area (Å²) in [4.78, 5) is 91.9. The van der Waals surface area contributed by atoms with Gasteiger partial charge in [0.15, 0.2) is 0 Å². The quantitative estimate of drug-likeness (QED) is 0.0237. The van der Waals surface area contributed by atoms with E-state index in [9.17, 15) is 33.6 Å². The van der Waals surface area contributed by atoms with Crippen molar-refractivity contribution in [3.05, 3.63) is 0 Å². The first-order chi connectivity index (χ1) is 23.1. The van der Waals surface area contributed by atoms with Crippen molar-refractivity contribution < 1.29 is 38.7 Å². The lowest BCUT2D eigenvalue weighted by atomic mass is 9.92. The average molecular weight is 692 g/mol. The maximum absolute atomic E-state index is 14.2. The third kappa shape index (κ3) is 11.9. The standard InChI is InChI=1S/C32H53N9O8/c1-6-10-21(28(45)31(48)35-15-24(43)44)36-30(47)27-20-12-9-11-19(20)16-41(27)32(49)26(18(4)5)38-29(46)25(17(2)3)37-23(42)14-8-7-13-22(33)39-40-34/h17-21,25-27H,6-16H2,1-5H3,(H,35,48)(H,36,47)(H,37,42)(H,38,46)(H,43,44)(H3,33,34,39)/t19-,20-,21?,25+,26?,27?/m0/s1. The predicted molar refractivity (Wildman–Crippen MR) is 178 cm³/mol. The minimum absolute atomic E-state index is 0.0492. The van der Waals surface area contributed by atoms with Gasteiger partial charge in [-0.05, 0) is 55.8 Å². The number of carbonyl (C=O) groups is 7. The summed E-state index contributed by atoms with van der Waals surface area (Å²) in [6, 6.07) is -4.08. The van der Waals surface area contributed by atoms with Crippen molar-refractivity contribution in [3.63, 3.8) is 0 Å². The van der Waals surface area contributed by atoms with Gasteiger partial charge in [-0.1, -0.05) is 52.7 Å². The Morgan fingerprint density at radius 2 is 1.59 bits per heavy atom. The minimum Gasteiger partial charge on any atom is -0.480 e. The Bertz CT molecular complexity index is 1270. The van der Waals surface area contributed by atoms with Crippen LogP contribution in [-0.2, 0) is 33.6 Å². The number of nitrogens with two attached hydrogens (primary N) is 1. The van der Waals surface area contributed by atoms with E-state index < -0.39 is 66.1 Å². The van der Waals surface area contributed by atoms with Crippen LogP contribution in [0.5, 0.6) is 0 Å². The number of carboxylic acids is 1. The van der Waals surface area contributed by atoms with E-state index in [-0.39, 0.29) is 48.3 Å². The van der Waals surface area contributed by atoms with E-state index in [2.05, 4.69) is 26.3 Å². The predicted octanol–water partition coefficient (Wildman–Crippen LogP) is 0.813. The van der Waals surface area contributed by atoms with Gasteiger partial charge in [0.25, 0.3) is 5.91 Å². The molecule has 1 saturated carbocycles. The fraction of sp³-hybridized carbons (Fsp3) is 0.750. The molecule has 17 nitrogen and oxygen atoms in total. The lowest BCUT2D eigenvalue weighted by Gasteiger charge is -2.34. The molecule has 0 spiro atoms. The van der Waals surface area contributed by atoms with Crippen LogP contribution in [0.1, 0.15) is 92.4 Å². The molecule has 1 aliphatic heterocycles. The van der Waals surface area contributed by atoms with Gasteiger partial charge in [-0.2, -0.15) is 5.53 Å². The van der Waals surface area contributed by atoms with Gasteiger partial charge >= 0.3 is 5.97 Å². The molecule has 0 aromatic rings. The Hall–Kier alpha value is -4.44. The third-order valence-electron chi connectivity index (χ3n) is 9.04. The summed E-state index contributed by atoms with van der Waals surface area (Å²) in [5.74, 6) is -5.94. The van der Waals surface area contributed by atoms with Crippen molar-refractivity contribution >= 4 is 47.1 Å². The van der Waals surface area contributed by atoms with Crippen molar-refractivity contribution in [1.29, 1.82) is 5.53 Å². The van der Waals surface area contributed by atoms with E-state index in [1.807, 2.05) is 5.32 Å². The second-order valence-corrected chi connectivity index (χ2v) is 13.5. The van der Waals surface area contributed by atoms with E-state index in [1.165, 1.54) is 4.90 Å². The van der Waals surface area contributed by atoms with Crippen molar-refractivity contribution in [1.82, 2.24) is 26.2 Å². The number of fused-ring (bicyclic) bond motifs is 1. The first-order valence-electron chi connectivity index (χ1n) is 17.1. The number of rotatable bonds is 20. The van der Waals surface area contributed by atoms with Gasteiger partial charge in [0.2, 0.25) is 29.4 Å². The van der Waals surface area contributed by atoms with E-state index in [4.69, 9.17) is 16.4 Å². The van der Waals surface area contributed by atoms with Crippen LogP contribution < -0.4 is 27.0 Å². The number of nitrogens with zero attached hydrogens (tertiary/aromatic N) is 3. The van der Waals surface area contributed by atoms with Crippen LogP contribution in [-0.4, -0.2) is 94.4 Å². The van der Waals surface area contributed by atoms with Gasteiger partial charge in [-0.15, -0.1) is 5.10 Å². The largest absolute Gasteiger partial charge is 0.480 e. The molecule has 0 bridgehead atoms. The van der Waals surface area contributed by atoms with Crippen molar-refractivity contribution in [3.8, 4) is 0 Å². The lowest BCUT2D eigenvalue weighted by Crippen LogP contribution is -2.60. The summed E-state index contributed by atoms with van der Waals surface area (Å²) < 4.78 is 0. The molecule has 3 unspecified atom stereocenters. The van der Waals surface area contributed by atoms with E-state index in [0.717, 1.165) is 12.8 Å². The zero-order valence-corrected chi connectivity index (χ0v) is 29.1. The molecule has 0 radical (unpaired) electrons. The number of hydrogen-bond acceptors (Lipinski definition) is 9. The highest BCUT2D eigenvalue weighted by molar-refractivity contribution is 6.38. The molecule has 1 heterocycles. The highest BCUT2D eigenvalue weighted by atomic mass is 16.4. The fourth-order valence-corrected chi connectivity index (χ4v) is 6.51. The molecular weight excluding hydrogens is 638 g/mol. The molecule has 2 aliphatic rings. The molecule has 0 aromatic heterocycles. The SMILES string of the molecule is CCCC(NC(=O)C1[C@H]2CCC[C@H]2CN1C(=O)C(NC(=O)[C@H](NC(=O)CCCC/C(N)=N/N=N)C(C)C)C(C)C)C(=O)C(=O)NCC(=O)O. The Morgan fingerprint density at radius 3 is 2.18 bits per heavy atom. The van der Waals surface area contributed by atoms with Crippen LogP contribution in [0.25, 0.3) is 0 Å². The van der Waals surface area contributed by atoms with E-state index >= 15 is 0 Å². The van der Waals surface area contributed by atoms with Crippen LogP contribution in [0.2, 0.25) is 0 Å². The number of Topliss-reactive ketones (excluding diaryl/α,β-unsaturated/α-hetero) is 1. The monoisotopic (exact) mass is 691 g/mol. The van der Waals surface area contributed by atoms with Gasteiger partial charge < -0.3 is 37.0 Å². The van der Waals surface area contributed by atoms with E-state index in [0.29, 0.717) is 38.6 Å². The summed E-state index contributed by atoms with van der Waals surface area (Å²) in [6.07, 6.45) is 4.47. The number of unbranched alkanes of at least 4 members (excludes halogenated alkanes) is 1. The van der Waals surface area contributed by atoms with Crippen LogP contribution in [0, 0.1) is 29.2 Å². The Morgan fingerprint density at radius 1 is 0.939 bits per heavy atom. The van der Waals surface area contributed by atoms with Crippen molar-refractivity contribution in [2.45, 2.75) is 117 Å². The zero-order valence-electron chi connectivity index (χ0n) is 29.1. The second kappa shape index (κ2) is 19.5. The summed E-state index contributed by atoms with van der Waals surface area (Å²) in [6.45, 7) is 8.41. The maximum Gasteiger partial charge on any atom is 0.322 e. The molecule has 49 heavy (non-hydrogen) atoms. The number of likely N-dealkylation sites (tertiary alicyclic amines) is 1. The fourth-order valence-electron chi connectivity index (χ4n) is 6.51. The Balaban J connectivity index is 2.19. The number of hydrogen-bond donors (Lipinski definition) is 7.